The van der Waals surface area contributed by atoms with Gasteiger partial charge in [0.05, 0.1) is 0 Å². The van der Waals surface area contributed by atoms with E-state index in [9.17, 15) is 0 Å². The van der Waals surface area contributed by atoms with Crippen LogP contribution in [0, 0.1) is 5.92 Å². The van der Waals surface area contributed by atoms with E-state index < -0.39 is 0 Å². The SMILES string of the molecule is OCCC1Cc2ccccc2N1CC1CC1. The smallest absolute Gasteiger partial charge is 0.0450 e. The zero-order chi connectivity index (χ0) is 11.0. The zero-order valence-corrected chi connectivity index (χ0v) is 9.60. The molecule has 1 atom stereocenters. The maximum Gasteiger partial charge on any atom is 0.0450 e. The molecule has 0 aromatic heterocycles. The van der Waals surface area contributed by atoms with Crippen LogP contribution < -0.4 is 4.90 Å². The summed E-state index contributed by atoms with van der Waals surface area (Å²) in [7, 11) is 0. The van der Waals surface area contributed by atoms with Gasteiger partial charge in [0.15, 0.2) is 0 Å². The lowest BCUT2D eigenvalue weighted by Gasteiger charge is -2.27. The molecule has 3 rings (SSSR count). The van der Waals surface area contributed by atoms with Gasteiger partial charge in [0.25, 0.3) is 0 Å². The highest BCUT2D eigenvalue weighted by molar-refractivity contribution is 5.59. The van der Waals surface area contributed by atoms with E-state index >= 15 is 0 Å². The summed E-state index contributed by atoms with van der Waals surface area (Å²) in [4.78, 5) is 2.53. The Morgan fingerprint density at radius 2 is 2.06 bits per heavy atom. The first-order chi connectivity index (χ1) is 7.88. The van der Waals surface area contributed by atoms with Crippen molar-refractivity contribution in [3.05, 3.63) is 29.8 Å². The lowest BCUT2D eigenvalue weighted by atomic mass is 10.1. The summed E-state index contributed by atoms with van der Waals surface area (Å²) in [5, 5.41) is 9.15. The Balaban J connectivity index is 1.83. The van der Waals surface area contributed by atoms with Crippen molar-refractivity contribution < 1.29 is 5.11 Å². The number of anilines is 1. The van der Waals surface area contributed by atoms with Gasteiger partial charge in [0.2, 0.25) is 0 Å². The number of hydrogen-bond donors (Lipinski definition) is 1. The summed E-state index contributed by atoms with van der Waals surface area (Å²) in [6.45, 7) is 1.50. The molecule has 1 aliphatic heterocycles. The van der Waals surface area contributed by atoms with Crippen LogP contribution in [-0.2, 0) is 6.42 Å². The molecular weight excluding hydrogens is 198 g/mol. The standard InChI is InChI=1S/C14H19NO/c16-8-7-13-9-12-3-1-2-4-14(12)15(13)10-11-5-6-11/h1-4,11,13,16H,5-10H2. The highest BCUT2D eigenvalue weighted by Crippen LogP contribution is 2.38. The molecule has 2 nitrogen and oxygen atoms in total. The average Bonchev–Trinajstić information content (AvgIpc) is 3.04. The number of hydrogen-bond acceptors (Lipinski definition) is 2. The van der Waals surface area contributed by atoms with Crippen molar-refractivity contribution in [1.82, 2.24) is 0 Å². The lowest BCUT2D eigenvalue weighted by Crippen LogP contribution is -2.34. The second-order valence-corrected chi connectivity index (χ2v) is 5.09. The van der Waals surface area contributed by atoms with E-state index in [1.165, 1.54) is 30.6 Å². The van der Waals surface area contributed by atoms with Gasteiger partial charge in [-0.15, -0.1) is 0 Å². The number of benzene rings is 1. The largest absolute Gasteiger partial charge is 0.396 e. The van der Waals surface area contributed by atoms with E-state index in [1.54, 1.807) is 0 Å². The monoisotopic (exact) mass is 217 g/mol. The molecule has 1 aromatic rings. The summed E-state index contributed by atoms with van der Waals surface area (Å²) >= 11 is 0. The fourth-order valence-corrected chi connectivity index (χ4v) is 2.76. The van der Waals surface area contributed by atoms with Crippen LogP contribution in [0.1, 0.15) is 24.8 Å². The highest BCUT2D eigenvalue weighted by Gasteiger charge is 2.33. The first-order valence-corrected chi connectivity index (χ1v) is 6.34. The van der Waals surface area contributed by atoms with Crippen LogP contribution in [0.3, 0.4) is 0 Å². The van der Waals surface area contributed by atoms with Crippen LogP contribution in [0.4, 0.5) is 5.69 Å². The third kappa shape index (κ3) is 1.82. The molecule has 1 saturated carbocycles. The lowest BCUT2D eigenvalue weighted by molar-refractivity contribution is 0.274. The fourth-order valence-electron chi connectivity index (χ4n) is 2.76. The van der Waals surface area contributed by atoms with Crippen LogP contribution in [0.25, 0.3) is 0 Å². The van der Waals surface area contributed by atoms with Crippen LogP contribution in [0.15, 0.2) is 24.3 Å². The van der Waals surface area contributed by atoms with E-state index in [2.05, 4.69) is 29.2 Å². The van der Waals surface area contributed by atoms with Crippen LogP contribution >= 0.6 is 0 Å². The van der Waals surface area contributed by atoms with Crippen molar-refractivity contribution in [1.29, 1.82) is 0 Å². The molecule has 1 unspecified atom stereocenters. The first-order valence-electron chi connectivity index (χ1n) is 6.34. The number of para-hydroxylation sites is 1. The van der Waals surface area contributed by atoms with E-state index in [-0.39, 0.29) is 0 Å². The van der Waals surface area contributed by atoms with Gasteiger partial charge in [-0.2, -0.15) is 0 Å². The van der Waals surface area contributed by atoms with Gasteiger partial charge < -0.3 is 10.0 Å². The van der Waals surface area contributed by atoms with E-state index in [4.69, 9.17) is 5.11 Å². The number of nitrogens with zero attached hydrogens (tertiary/aromatic N) is 1. The summed E-state index contributed by atoms with van der Waals surface area (Å²) in [5.41, 5.74) is 2.87. The van der Waals surface area contributed by atoms with Gasteiger partial charge >= 0.3 is 0 Å². The molecule has 1 fully saturated rings. The molecule has 1 N–H and O–H groups in total. The number of fused-ring (bicyclic) bond motifs is 1. The second-order valence-electron chi connectivity index (χ2n) is 5.09. The van der Waals surface area contributed by atoms with Crippen molar-refractivity contribution in [3.8, 4) is 0 Å². The van der Waals surface area contributed by atoms with Gasteiger partial charge in [-0.3, -0.25) is 0 Å². The Bertz CT molecular complexity index is 373. The molecule has 1 aromatic carbocycles. The number of rotatable bonds is 4. The summed E-state index contributed by atoms with van der Waals surface area (Å²) in [6.07, 6.45) is 4.81. The third-order valence-corrected chi connectivity index (χ3v) is 3.81. The van der Waals surface area contributed by atoms with E-state index in [0.717, 1.165) is 18.8 Å². The minimum absolute atomic E-state index is 0.305. The Hall–Kier alpha value is -1.02. The summed E-state index contributed by atoms with van der Waals surface area (Å²) < 4.78 is 0. The average molecular weight is 217 g/mol. The van der Waals surface area contributed by atoms with E-state index in [1.807, 2.05) is 0 Å². The van der Waals surface area contributed by atoms with Gasteiger partial charge in [-0.05, 0) is 43.2 Å². The van der Waals surface area contributed by atoms with Crippen LogP contribution in [0.5, 0.6) is 0 Å². The van der Waals surface area contributed by atoms with Crippen molar-refractivity contribution in [2.24, 2.45) is 5.92 Å². The van der Waals surface area contributed by atoms with Crippen molar-refractivity contribution in [2.45, 2.75) is 31.7 Å². The molecule has 0 saturated heterocycles. The fraction of sp³-hybridized carbons (Fsp3) is 0.571. The molecule has 0 amide bonds. The maximum atomic E-state index is 9.15. The molecule has 0 radical (unpaired) electrons. The van der Waals surface area contributed by atoms with Crippen molar-refractivity contribution in [3.63, 3.8) is 0 Å². The Morgan fingerprint density at radius 1 is 1.25 bits per heavy atom. The molecule has 16 heavy (non-hydrogen) atoms. The molecular formula is C14H19NO. The van der Waals surface area contributed by atoms with Crippen molar-refractivity contribution >= 4 is 5.69 Å². The van der Waals surface area contributed by atoms with Crippen LogP contribution in [-0.4, -0.2) is 24.3 Å². The molecule has 0 bridgehead atoms. The topological polar surface area (TPSA) is 23.5 Å². The van der Waals surface area contributed by atoms with Gasteiger partial charge in [-0.1, -0.05) is 18.2 Å². The minimum atomic E-state index is 0.305. The third-order valence-electron chi connectivity index (χ3n) is 3.81. The second kappa shape index (κ2) is 4.10. The number of aliphatic hydroxyl groups excluding tert-OH is 1. The quantitative estimate of drug-likeness (QED) is 0.836. The predicted octanol–water partition coefficient (Wildman–Crippen LogP) is 2.21. The molecule has 2 aliphatic rings. The molecule has 86 valence electrons. The van der Waals surface area contributed by atoms with Gasteiger partial charge in [-0.25, -0.2) is 0 Å². The van der Waals surface area contributed by atoms with Crippen LogP contribution in [0.2, 0.25) is 0 Å². The Morgan fingerprint density at radius 3 is 2.81 bits per heavy atom. The predicted molar refractivity (Wildman–Crippen MR) is 65.7 cm³/mol. The Labute approximate surface area is 96.9 Å². The summed E-state index contributed by atoms with van der Waals surface area (Å²) in [6, 6.07) is 9.24. The highest BCUT2D eigenvalue weighted by atomic mass is 16.3. The summed E-state index contributed by atoms with van der Waals surface area (Å²) in [5.74, 6) is 0.910. The molecule has 0 spiro atoms. The normalized spacial score (nSPS) is 23.6. The minimum Gasteiger partial charge on any atom is -0.396 e. The molecule has 1 aliphatic carbocycles. The van der Waals surface area contributed by atoms with Crippen molar-refractivity contribution in [2.75, 3.05) is 18.1 Å². The van der Waals surface area contributed by atoms with Gasteiger partial charge in [0.1, 0.15) is 0 Å². The molecule has 1 heterocycles. The number of aliphatic hydroxyl groups is 1. The van der Waals surface area contributed by atoms with E-state index in [0.29, 0.717) is 12.6 Å². The van der Waals surface area contributed by atoms with Gasteiger partial charge in [0, 0.05) is 24.9 Å². The Kier molecular flexibility index (Phi) is 2.60. The zero-order valence-electron chi connectivity index (χ0n) is 9.60. The first kappa shape index (κ1) is 10.2. The maximum absolute atomic E-state index is 9.15. The molecule has 2 heteroatoms.